The van der Waals surface area contributed by atoms with E-state index in [4.69, 9.17) is 4.98 Å². The van der Waals surface area contributed by atoms with Crippen LogP contribution in [0.15, 0.2) is 52.3 Å². The van der Waals surface area contributed by atoms with Crippen molar-refractivity contribution >= 4 is 44.1 Å². The fourth-order valence-corrected chi connectivity index (χ4v) is 4.72. The van der Waals surface area contributed by atoms with Crippen LogP contribution in [0.1, 0.15) is 42.3 Å². The van der Waals surface area contributed by atoms with Gasteiger partial charge in [-0.3, -0.25) is 9.78 Å². The molecule has 1 N–H and O–H groups in total. The van der Waals surface area contributed by atoms with Crippen LogP contribution in [0.3, 0.4) is 0 Å². The summed E-state index contributed by atoms with van der Waals surface area (Å²) in [7, 11) is 0. The average Bonchev–Trinajstić information content (AvgIpc) is 3.22. The Labute approximate surface area is 159 Å². The number of halogens is 1. The molecule has 0 radical (unpaired) electrons. The number of carbonyl (C=O) groups excluding carboxylic acids is 1. The van der Waals surface area contributed by atoms with Crippen LogP contribution in [-0.2, 0) is 4.79 Å². The largest absolute Gasteiger partial charge is 0.349 e. The Kier molecular flexibility index (Phi) is 4.61. The molecule has 0 saturated heterocycles. The van der Waals surface area contributed by atoms with Crippen molar-refractivity contribution in [1.29, 1.82) is 0 Å². The maximum absolute atomic E-state index is 12.3. The quantitative estimate of drug-likeness (QED) is 0.604. The van der Waals surface area contributed by atoms with E-state index in [1.807, 2.05) is 31.2 Å². The molecule has 0 unspecified atom stereocenters. The fourth-order valence-electron chi connectivity index (χ4n) is 3.29. The third kappa shape index (κ3) is 3.77. The Morgan fingerprint density at radius 3 is 2.92 bits per heavy atom. The summed E-state index contributed by atoms with van der Waals surface area (Å²) in [4.78, 5) is 18.3. The van der Waals surface area contributed by atoms with Gasteiger partial charge in [0.25, 0.3) is 0 Å². The second kappa shape index (κ2) is 6.89. The molecular formula is C20H19BrN2OS. The number of fused-ring (bicyclic) bond motifs is 1. The summed E-state index contributed by atoms with van der Waals surface area (Å²) in [5.41, 5.74) is 2.15. The van der Waals surface area contributed by atoms with Crippen LogP contribution < -0.4 is 5.32 Å². The first-order valence-electron chi connectivity index (χ1n) is 8.50. The van der Waals surface area contributed by atoms with E-state index in [-0.39, 0.29) is 11.9 Å². The molecule has 5 heteroatoms. The molecule has 1 fully saturated rings. The van der Waals surface area contributed by atoms with Gasteiger partial charge in [0, 0.05) is 28.3 Å². The highest BCUT2D eigenvalue weighted by atomic mass is 79.9. The Morgan fingerprint density at radius 1 is 1.28 bits per heavy atom. The van der Waals surface area contributed by atoms with Gasteiger partial charge in [0.15, 0.2) is 0 Å². The molecule has 3 aromatic rings. The molecule has 1 aliphatic rings. The number of benzene rings is 1. The molecule has 1 saturated carbocycles. The highest BCUT2D eigenvalue weighted by Crippen LogP contribution is 2.49. The number of nitrogens with zero attached hydrogens (tertiary/aromatic N) is 1. The van der Waals surface area contributed by atoms with E-state index >= 15 is 0 Å². The number of hydrogen-bond donors (Lipinski definition) is 1. The molecule has 3 atom stereocenters. The van der Waals surface area contributed by atoms with E-state index in [2.05, 4.69) is 45.5 Å². The second-order valence-corrected chi connectivity index (χ2v) is 9.16. The highest BCUT2D eigenvalue weighted by molar-refractivity contribution is 9.11. The first kappa shape index (κ1) is 16.7. The van der Waals surface area contributed by atoms with Gasteiger partial charge < -0.3 is 5.32 Å². The topological polar surface area (TPSA) is 42.0 Å². The van der Waals surface area contributed by atoms with Crippen molar-refractivity contribution in [3.8, 4) is 0 Å². The minimum Gasteiger partial charge on any atom is -0.349 e. The van der Waals surface area contributed by atoms with Gasteiger partial charge >= 0.3 is 0 Å². The van der Waals surface area contributed by atoms with Gasteiger partial charge in [0.05, 0.1) is 15.3 Å². The standard InChI is InChI=1S/C20H19BrN2OS/c1-12(18-8-9-19(21)25-18)22-20(24)11-14-10-15(14)17-7-6-13-4-2-3-5-16(13)23-17/h2-9,12,14-15H,10-11H2,1H3,(H,22,24)/t12-,14+,15+/m1/s1. The van der Waals surface area contributed by atoms with E-state index in [1.54, 1.807) is 11.3 Å². The van der Waals surface area contributed by atoms with Gasteiger partial charge in [-0.1, -0.05) is 24.3 Å². The Hall–Kier alpha value is -1.72. The van der Waals surface area contributed by atoms with Crippen molar-refractivity contribution in [3.05, 3.63) is 62.9 Å². The summed E-state index contributed by atoms with van der Waals surface area (Å²) < 4.78 is 1.09. The molecule has 0 aliphatic heterocycles. The van der Waals surface area contributed by atoms with E-state index in [1.165, 1.54) is 4.88 Å². The number of hydrogen-bond acceptors (Lipinski definition) is 3. The molecule has 3 nitrogen and oxygen atoms in total. The van der Waals surface area contributed by atoms with Crippen LogP contribution in [-0.4, -0.2) is 10.9 Å². The number of para-hydroxylation sites is 1. The molecule has 2 heterocycles. The van der Waals surface area contributed by atoms with Crippen molar-refractivity contribution in [2.24, 2.45) is 5.92 Å². The van der Waals surface area contributed by atoms with Crippen molar-refractivity contribution in [1.82, 2.24) is 10.3 Å². The first-order chi connectivity index (χ1) is 12.1. The SMILES string of the molecule is C[C@@H](NC(=O)C[C@@H]1C[C@@H]1c1ccc2ccccc2n1)c1ccc(Br)s1. The number of amides is 1. The molecule has 4 rings (SSSR count). The smallest absolute Gasteiger partial charge is 0.220 e. The van der Waals surface area contributed by atoms with Crippen molar-refractivity contribution in [2.45, 2.75) is 31.7 Å². The van der Waals surface area contributed by atoms with Crippen molar-refractivity contribution in [2.75, 3.05) is 0 Å². The predicted molar refractivity (Wildman–Crippen MR) is 106 cm³/mol. The lowest BCUT2D eigenvalue weighted by molar-refractivity contribution is -0.122. The third-order valence-electron chi connectivity index (χ3n) is 4.77. The minimum atomic E-state index is 0.0554. The molecule has 128 valence electrons. The summed E-state index contributed by atoms with van der Waals surface area (Å²) in [5.74, 6) is 0.961. The van der Waals surface area contributed by atoms with E-state index in [0.29, 0.717) is 18.3 Å². The Balaban J connectivity index is 1.35. The van der Waals surface area contributed by atoms with Gasteiger partial charge in [-0.15, -0.1) is 11.3 Å². The first-order valence-corrected chi connectivity index (χ1v) is 10.1. The fraction of sp³-hybridized carbons (Fsp3) is 0.300. The second-order valence-electron chi connectivity index (χ2n) is 6.67. The monoisotopic (exact) mass is 414 g/mol. The van der Waals surface area contributed by atoms with E-state index < -0.39 is 0 Å². The summed E-state index contributed by atoms with van der Waals surface area (Å²) >= 11 is 5.13. The molecule has 25 heavy (non-hydrogen) atoms. The van der Waals surface area contributed by atoms with Crippen LogP contribution in [0.25, 0.3) is 10.9 Å². The summed E-state index contributed by atoms with van der Waals surface area (Å²) in [6.45, 7) is 2.03. The van der Waals surface area contributed by atoms with Crippen molar-refractivity contribution < 1.29 is 4.79 Å². The summed E-state index contributed by atoms with van der Waals surface area (Å²) in [5, 5.41) is 4.28. The van der Waals surface area contributed by atoms with E-state index in [0.717, 1.165) is 26.8 Å². The number of rotatable bonds is 5. The van der Waals surface area contributed by atoms with Crippen LogP contribution in [0, 0.1) is 5.92 Å². The van der Waals surface area contributed by atoms with Crippen LogP contribution in [0.5, 0.6) is 0 Å². The van der Waals surface area contributed by atoms with Gasteiger partial charge in [-0.2, -0.15) is 0 Å². The van der Waals surface area contributed by atoms with Gasteiger partial charge in [-0.25, -0.2) is 0 Å². The molecule has 1 amide bonds. The lowest BCUT2D eigenvalue weighted by atomic mass is 10.1. The zero-order chi connectivity index (χ0) is 17.4. The molecule has 2 aromatic heterocycles. The molecule has 0 bridgehead atoms. The molecular weight excluding hydrogens is 396 g/mol. The number of nitrogens with one attached hydrogen (secondary N) is 1. The predicted octanol–water partition coefficient (Wildman–Crippen LogP) is 5.43. The Bertz CT molecular complexity index is 923. The normalized spacial score (nSPS) is 20.4. The number of thiophene rings is 1. The highest BCUT2D eigenvalue weighted by Gasteiger charge is 2.40. The third-order valence-corrected chi connectivity index (χ3v) is 6.57. The zero-order valence-electron chi connectivity index (χ0n) is 13.9. The number of pyridine rings is 1. The lowest BCUT2D eigenvalue weighted by Crippen LogP contribution is -2.26. The number of aromatic nitrogens is 1. The lowest BCUT2D eigenvalue weighted by Gasteiger charge is -2.12. The Morgan fingerprint density at radius 2 is 2.12 bits per heavy atom. The number of carbonyl (C=O) groups is 1. The van der Waals surface area contributed by atoms with Crippen LogP contribution >= 0.6 is 27.3 Å². The van der Waals surface area contributed by atoms with Crippen LogP contribution in [0.2, 0.25) is 0 Å². The van der Waals surface area contributed by atoms with Gasteiger partial charge in [0.1, 0.15) is 0 Å². The summed E-state index contributed by atoms with van der Waals surface area (Å²) in [6, 6.07) is 16.5. The van der Waals surface area contributed by atoms with Crippen LogP contribution in [0.4, 0.5) is 0 Å². The molecule has 1 aromatic carbocycles. The zero-order valence-corrected chi connectivity index (χ0v) is 16.3. The minimum absolute atomic E-state index is 0.0554. The average molecular weight is 415 g/mol. The van der Waals surface area contributed by atoms with Gasteiger partial charge in [0.2, 0.25) is 5.91 Å². The molecule has 1 aliphatic carbocycles. The van der Waals surface area contributed by atoms with Gasteiger partial charge in [-0.05, 0) is 59.5 Å². The molecule has 0 spiro atoms. The van der Waals surface area contributed by atoms with E-state index in [9.17, 15) is 4.79 Å². The summed E-state index contributed by atoms with van der Waals surface area (Å²) in [6.07, 6.45) is 1.63. The maximum Gasteiger partial charge on any atom is 0.220 e. The van der Waals surface area contributed by atoms with Crippen molar-refractivity contribution in [3.63, 3.8) is 0 Å². The maximum atomic E-state index is 12.3.